The lowest BCUT2D eigenvalue weighted by molar-refractivity contribution is 0.0696. The molecule has 0 bridgehead atoms. The maximum absolute atomic E-state index is 11.2. The summed E-state index contributed by atoms with van der Waals surface area (Å²) in [6, 6.07) is 1.76. The van der Waals surface area contributed by atoms with Crippen molar-refractivity contribution in [3.63, 3.8) is 0 Å². The molecule has 1 heterocycles. The third kappa shape index (κ3) is 4.52. The number of carbonyl (C=O) groups is 1. The van der Waals surface area contributed by atoms with Gasteiger partial charge in [0, 0.05) is 18.8 Å². The van der Waals surface area contributed by atoms with E-state index in [9.17, 15) is 9.90 Å². The SMILES string of the molecule is Cc1cc(NCCCC(C)CO)c(C(=O)O)c(C)n1. The van der Waals surface area contributed by atoms with E-state index in [0.29, 0.717) is 17.9 Å². The second kappa shape index (κ2) is 7.09. The van der Waals surface area contributed by atoms with E-state index in [-0.39, 0.29) is 18.1 Å². The van der Waals surface area contributed by atoms with Gasteiger partial charge in [0.2, 0.25) is 0 Å². The van der Waals surface area contributed by atoms with Gasteiger partial charge in [0.1, 0.15) is 5.56 Å². The van der Waals surface area contributed by atoms with Crippen LogP contribution in [0.2, 0.25) is 0 Å². The number of aromatic nitrogens is 1. The molecule has 0 fully saturated rings. The van der Waals surface area contributed by atoms with Crippen LogP contribution < -0.4 is 5.32 Å². The highest BCUT2D eigenvalue weighted by Gasteiger charge is 2.15. The van der Waals surface area contributed by atoms with Gasteiger partial charge in [-0.05, 0) is 38.7 Å². The first-order valence-electron chi connectivity index (χ1n) is 6.52. The number of anilines is 1. The third-order valence-electron chi connectivity index (χ3n) is 3.04. The zero-order chi connectivity index (χ0) is 14.4. The smallest absolute Gasteiger partial charge is 0.339 e. The Labute approximate surface area is 113 Å². The maximum atomic E-state index is 11.2. The molecule has 5 heteroatoms. The highest BCUT2D eigenvalue weighted by molar-refractivity contribution is 5.95. The van der Waals surface area contributed by atoms with Crippen LogP contribution in [0.15, 0.2) is 6.07 Å². The van der Waals surface area contributed by atoms with Crippen LogP contribution in [-0.2, 0) is 0 Å². The Balaban J connectivity index is 2.69. The van der Waals surface area contributed by atoms with Crippen molar-refractivity contribution in [2.24, 2.45) is 5.92 Å². The highest BCUT2D eigenvalue weighted by Crippen LogP contribution is 2.20. The number of nitrogens with zero attached hydrogens (tertiary/aromatic N) is 1. The Bertz CT molecular complexity index is 447. The van der Waals surface area contributed by atoms with Gasteiger partial charge in [-0.15, -0.1) is 0 Å². The molecule has 0 amide bonds. The van der Waals surface area contributed by atoms with Crippen molar-refractivity contribution in [3.05, 3.63) is 23.0 Å². The molecular formula is C14H22N2O3. The number of aliphatic hydroxyl groups excluding tert-OH is 1. The van der Waals surface area contributed by atoms with Crippen LogP contribution in [0.1, 0.15) is 41.5 Å². The molecule has 19 heavy (non-hydrogen) atoms. The molecule has 106 valence electrons. The number of carboxylic acids is 1. The monoisotopic (exact) mass is 266 g/mol. The Morgan fingerprint density at radius 3 is 2.74 bits per heavy atom. The van der Waals surface area contributed by atoms with Crippen molar-refractivity contribution in [2.45, 2.75) is 33.6 Å². The molecule has 0 aliphatic carbocycles. The Hall–Kier alpha value is -1.62. The summed E-state index contributed by atoms with van der Waals surface area (Å²) < 4.78 is 0. The van der Waals surface area contributed by atoms with E-state index in [0.717, 1.165) is 18.5 Å². The summed E-state index contributed by atoms with van der Waals surface area (Å²) in [6.45, 7) is 6.41. The van der Waals surface area contributed by atoms with E-state index in [4.69, 9.17) is 5.11 Å². The van der Waals surface area contributed by atoms with E-state index >= 15 is 0 Å². The van der Waals surface area contributed by atoms with E-state index < -0.39 is 5.97 Å². The quantitative estimate of drug-likeness (QED) is 0.659. The first-order chi connectivity index (χ1) is 8.95. The zero-order valence-corrected chi connectivity index (χ0v) is 11.7. The molecule has 1 aromatic heterocycles. The summed E-state index contributed by atoms with van der Waals surface area (Å²) >= 11 is 0. The predicted molar refractivity (Wildman–Crippen MR) is 74.6 cm³/mol. The number of aryl methyl sites for hydroxylation is 2. The molecule has 1 atom stereocenters. The minimum absolute atomic E-state index is 0.188. The molecule has 1 rings (SSSR count). The lowest BCUT2D eigenvalue weighted by Gasteiger charge is -2.13. The average molecular weight is 266 g/mol. The predicted octanol–water partition coefficient (Wildman–Crippen LogP) is 2.22. The van der Waals surface area contributed by atoms with Crippen molar-refractivity contribution >= 4 is 11.7 Å². The summed E-state index contributed by atoms with van der Waals surface area (Å²) in [5, 5.41) is 21.3. The number of carboxylic acid groups (broad SMARTS) is 1. The molecule has 0 spiro atoms. The number of hydrogen-bond donors (Lipinski definition) is 3. The number of pyridine rings is 1. The van der Waals surface area contributed by atoms with Gasteiger partial charge in [-0.3, -0.25) is 4.98 Å². The van der Waals surface area contributed by atoms with Crippen molar-refractivity contribution in [2.75, 3.05) is 18.5 Å². The molecule has 0 radical (unpaired) electrons. The van der Waals surface area contributed by atoms with Crippen molar-refractivity contribution in [1.29, 1.82) is 0 Å². The van der Waals surface area contributed by atoms with Crippen LogP contribution in [0.5, 0.6) is 0 Å². The van der Waals surface area contributed by atoms with Crippen molar-refractivity contribution in [3.8, 4) is 0 Å². The molecule has 1 aromatic rings. The summed E-state index contributed by atoms with van der Waals surface area (Å²) in [7, 11) is 0. The molecule has 0 aromatic carbocycles. The fourth-order valence-corrected chi connectivity index (χ4v) is 2.00. The van der Waals surface area contributed by atoms with Gasteiger partial charge in [-0.2, -0.15) is 0 Å². The largest absolute Gasteiger partial charge is 0.478 e. The minimum Gasteiger partial charge on any atom is -0.478 e. The molecule has 1 unspecified atom stereocenters. The lowest BCUT2D eigenvalue weighted by atomic mass is 10.1. The second-order valence-corrected chi connectivity index (χ2v) is 4.93. The molecule has 0 saturated heterocycles. The molecule has 0 aliphatic heterocycles. The summed E-state index contributed by atoms with van der Waals surface area (Å²) in [5.74, 6) is -0.683. The highest BCUT2D eigenvalue weighted by atomic mass is 16.4. The molecule has 5 nitrogen and oxygen atoms in total. The van der Waals surface area contributed by atoms with Gasteiger partial charge in [-0.1, -0.05) is 6.92 Å². The number of aromatic carboxylic acids is 1. The zero-order valence-electron chi connectivity index (χ0n) is 11.7. The maximum Gasteiger partial charge on any atom is 0.339 e. The number of rotatable bonds is 7. The number of nitrogens with one attached hydrogen (secondary N) is 1. The first-order valence-corrected chi connectivity index (χ1v) is 6.52. The van der Waals surface area contributed by atoms with Gasteiger partial charge >= 0.3 is 5.97 Å². The summed E-state index contributed by atoms with van der Waals surface area (Å²) in [6.07, 6.45) is 1.80. The standard InChI is InChI=1S/C14H22N2O3/c1-9(8-17)5-4-6-15-12-7-10(2)16-11(3)13(12)14(18)19/h7,9,17H,4-6,8H2,1-3H3,(H,15,16)(H,18,19). The van der Waals surface area contributed by atoms with Gasteiger partial charge in [0.15, 0.2) is 0 Å². The topological polar surface area (TPSA) is 82.5 Å². The van der Waals surface area contributed by atoms with Crippen molar-refractivity contribution in [1.82, 2.24) is 4.98 Å². The van der Waals surface area contributed by atoms with E-state index in [2.05, 4.69) is 10.3 Å². The van der Waals surface area contributed by atoms with E-state index in [1.165, 1.54) is 0 Å². The van der Waals surface area contributed by atoms with Crippen LogP contribution in [0.3, 0.4) is 0 Å². The average Bonchev–Trinajstić information content (AvgIpc) is 2.32. The Kier molecular flexibility index (Phi) is 5.76. The lowest BCUT2D eigenvalue weighted by Crippen LogP contribution is -2.12. The normalized spacial score (nSPS) is 12.2. The van der Waals surface area contributed by atoms with E-state index in [1.54, 1.807) is 13.0 Å². The van der Waals surface area contributed by atoms with Gasteiger partial charge in [0.25, 0.3) is 0 Å². The molecular weight excluding hydrogens is 244 g/mol. The van der Waals surface area contributed by atoms with Gasteiger partial charge in [0.05, 0.1) is 11.4 Å². The summed E-state index contributed by atoms with van der Waals surface area (Å²) in [4.78, 5) is 15.4. The first kappa shape index (κ1) is 15.4. The Morgan fingerprint density at radius 2 is 2.16 bits per heavy atom. The fraction of sp³-hybridized carbons (Fsp3) is 0.571. The fourth-order valence-electron chi connectivity index (χ4n) is 2.00. The van der Waals surface area contributed by atoms with Crippen LogP contribution in [-0.4, -0.2) is 34.3 Å². The van der Waals surface area contributed by atoms with Crippen LogP contribution in [0.4, 0.5) is 5.69 Å². The molecule has 0 aliphatic rings. The third-order valence-corrected chi connectivity index (χ3v) is 3.04. The van der Waals surface area contributed by atoms with Crippen LogP contribution in [0, 0.1) is 19.8 Å². The van der Waals surface area contributed by atoms with Gasteiger partial charge in [-0.25, -0.2) is 4.79 Å². The number of aliphatic hydroxyl groups is 1. The molecule has 3 N–H and O–H groups in total. The van der Waals surface area contributed by atoms with E-state index in [1.807, 2.05) is 13.8 Å². The van der Waals surface area contributed by atoms with Crippen molar-refractivity contribution < 1.29 is 15.0 Å². The van der Waals surface area contributed by atoms with Crippen LogP contribution in [0.25, 0.3) is 0 Å². The van der Waals surface area contributed by atoms with Gasteiger partial charge < -0.3 is 15.5 Å². The Morgan fingerprint density at radius 1 is 1.47 bits per heavy atom. The summed E-state index contributed by atoms with van der Waals surface area (Å²) in [5.41, 5.74) is 2.18. The number of hydrogen-bond acceptors (Lipinski definition) is 4. The molecule has 0 saturated carbocycles. The minimum atomic E-state index is -0.962. The van der Waals surface area contributed by atoms with Crippen LogP contribution >= 0.6 is 0 Å². The second-order valence-electron chi connectivity index (χ2n) is 4.93.